The minimum atomic E-state index is -0.406. The number of hydrogen-bond donors (Lipinski definition) is 1. The number of benzene rings is 1. The van der Waals surface area contributed by atoms with Gasteiger partial charge in [-0.15, -0.1) is 12.4 Å². The van der Waals surface area contributed by atoms with Gasteiger partial charge in [0.05, 0.1) is 5.54 Å². The molecular weight excluding hydrogens is 313 g/mol. The maximum Gasteiger partial charge on any atom is 0.268 e. The van der Waals surface area contributed by atoms with E-state index in [1.807, 2.05) is 18.2 Å². The van der Waals surface area contributed by atoms with Crippen molar-refractivity contribution in [3.05, 3.63) is 40.5 Å². The summed E-state index contributed by atoms with van der Waals surface area (Å²) in [7, 11) is 0. The van der Waals surface area contributed by atoms with Gasteiger partial charge in [0.25, 0.3) is 5.89 Å². The minimum absolute atomic E-state index is 0. The summed E-state index contributed by atoms with van der Waals surface area (Å²) in [5.74, 6) is 1.91. The van der Waals surface area contributed by atoms with Crippen molar-refractivity contribution in [2.45, 2.75) is 37.3 Å². The molecule has 1 fully saturated rings. The van der Waals surface area contributed by atoms with Crippen LogP contribution < -0.4 is 10.5 Å². The van der Waals surface area contributed by atoms with Gasteiger partial charge < -0.3 is 15.0 Å². The van der Waals surface area contributed by atoms with Gasteiger partial charge in [-0.3, -0.25) is 0 Å². The Kier molecular flexibility index (Phi) is 3.59. The summed E-state index contributed by atoms with van der Waals surface area (Å²) in [6, 6.07) is 5.58. The van der Waals surface area contributed by atoms with Crippen molar-refractivity contribution in [3.63, 3.8) is 0 Å². The molecule has 1 aliphatic carbocycles. The third kappa shape index (κ3) is 2.39. The van der Waals surface area contributed by atoms with Crippen molar-refractivity contribution >= 4 is 24.0 Å². The Hall–Kier alpha value is -1.30. The molecule has 21 heavy (non-hydrogen) atoms. The molecule has 2 N–H and O–H groups in total. The highest BCUT2D eigenvalue weighted by atomic mass is 35.5. The lowest BCUT2D eigenvalue weighted by Crippen LogP contribution is -2.44. The van der Waals surface area contributed by atoms with Crippen LogP contribution in [0.4, 0.5) is 0 Å². The Balaban J connectivity index is 0.00000132. The molecule has 2 aliphatic rings. The Morgan fingerprint density at radius 3 is 2.86 bits per heavy atom. The molecule has 5 nitrogen and oxygen atoms in total. The lowest BCUT2D eigenvalue weighted by Gasteiger charge is -2.34. The Labute approximate surface area is 133 Å². The standard InChI is InChI=1S/C14H14ClN3O2.ClH/c15-9-2-3-10-8(6-9)7-11(19-10)12-17-13(18-20-12)14(16)4-1-5-14;/h2-3,6,11H,1,4-5,7,16H2;1H. The molecule has 1 saturated carbocycles. The lowest BCUT2D eigenvalue weighted by molar-refractivity contribution is 0.182. The van der Waals surface area contributed by atoms with Crippen molar-refractivity contribution in [1.82, 2.24) is 10.1 Å². The highest BCUT2D eigenvalue weighted by molar-refractivity contribution is 6.30. The van der Waals surface area contributed by atoms with Gasteiger partial charge >= 0.3 is 0 Å². The highest BCUT2D eigenvalue weighted by Crippen LogP contribution is 2.40. The molecule has 0 radical (unpaired) electrons. The van der Waals surface area contributed by atoms with Crippen LogP contribution in [-0.4, -0.2) is 10.1 Å². The van der Waals surface area contributed by atoms with Gasteiger partial charge in [-0.1, -0.05) is 16.8 Å². The van der Waals surface area contributed by atoms with E-state index in [4.69, 9.17) is 26.6 Å². The predicted molar refractivity (Wildman–Crippen MR) is 79.8 cm³/mol. The summed E-state index contributed by atoms with van der Waals surface area (Å²) < 4.78 is 11.2. The molecule has 2 heterocycles. The second-order valence-electron chi connectivity index (χ2n) is 5.53. The molecule has 1 aliphatic heterocycles. The van der Waals surface area contributed by atoms with Crippen LogP contribution >= 0.6 is 24.0 Å². The third-order valence-corrected chi connectivity index (χ3v) is 4.34. The van der Waals surface area contributed by atoms with E-state index in [2.05, 4.69) is 10.1 Å². The maximum absolute atomic E-state index is 6.20. The van der Waals surface area contributed by atoms with E-state index in [1.165, 1.54) is 0 Å². The fourth-order valence-corrected chi connectivity index (χ4v) is 2.90. The largest absolute Gasteiger partial charge is 0.480 e. The van der Waals surface area contributed by atoms with E-state index < -0.39 is 5.54 Å². The van der Waals surface area contributed by atoms with Gasteiger partial charge in [-0.2, -0.15) is 4.98 Å². The van der Waals surface area contributed by atoms with Crippen LogP contribution in [0.15, 0.2) is 22.7 Å². The maximum atomic E-state index is 6.20. The van der Waals surface area contributed by atoms with E-state index in [-0.39, 0.29) is 18.5 Å². The molecule has 0 bridgehead atoms. The molecule has 4 rings (SSSR count). The van der Waals surface area contributed by atoms with Gasteiger partial charge in [-0.05, 0) is 43.0 Å². The smallest absolute Gasteiger partial charge is 0.268 e. The number of rotatable bonds is 2. The van der Waals surface area contributed by atoms with Crippen LogP contribution in [0.1, 0.15) is 42.6 Å². The van der Waals surface area contributed by atoms with Gasteiger partial charge in [0.2, 0.25) is 0 Å². The predicted octanol–water partition coefficient (Wildman–Crippen LogP) is 3.16. The lowest BCUT2D eigenvalue weighted by atomic mass is 9.77. The van der Waals surface area contributed by atoms with E-state index in [9.17, 15) is 0 Å². The van der Waals surface area contributed by atoms with Crippen molar-refractivity contribution < 1.29 is 9.26 Å². The fraction of sp³-hybridized carbons (Fsp3) is 0.429. The van der Waals surface area contributed by atoms with Gasteiger partial charge in [0.15, 0.2) is 11.9 Å². The second kappa shape index (κ2) is 5.16. The SMILES string of the molecule is Cl.NC1(c2noc(C3Cc4cc(Cl)ccc4O3)n2)CCC1. The zero-order chi connectivity index (χ0) is 13.7. The van der Waals surface area contributed by atoms with Crippen LogP contribution in [0, 0.1) is 0 Å². The topological polar surface area (TPSA) is 74.2 Å². The second-order valence-corrected chi connectivity index (χ2v) is 5.97. The van der Waals surface area contributed by atoms with E-state index in [0.29, 0.717) is 23.2 Å². The molecule has 1 aromatic heterocycles. The number of nitrogens with two attached hydrogens (primary N) is 1. The Morgan fingerprint density at radius 1 is 1.33 bits per heavy atom. The Bertz CT molecular complexity index is 670. The van der Waals surface area contributed by atoms with Crippen LogP contribution in [-0.2, 0) is 12.0 Å². The molecular formula is C14H15Cl2N3O2. The fourth-order valence-electron chi connectivity index (χ4n) is 2.70. The average Bonchev–Trinajstić information content (AvgIpc) is 3.01. The summed E-state index contributed by atoms with van der Waals surface area (Å²) >= 11 is 5.98. The zero-order valence-electron chi connectivity index (χ0n) is 11.2. The first-order valence-electron chi connectivity index (χ1n) is 6.72. The molecule has 112 valence electrons. The monoisotopic (exact) mass is 327 g/mol. The summed E-state index contributed by atoms with van der Waals surface area (Å²) in [5, 5.41) is 4.72. The number of fused-ring (bicyclic) bond motifs is 1. The molecule has 0 spiro atoms. The van der Waals surface area contributed by atoms with Crippen LogP contribution in [0.25, 0.3) is 0 Å². The minimum Gasteiger partial charge on any atom is -0.480 e. The average molecular weight is 328 g/mol. The van der Waals surface area contributed by atoms with Gasteiger partial charge in [0.1, 0.15) is 5.75 Å². The third-order valence-electron chi connectivity index (χ3n) is 4.11. The van der Waals surface area contributed by atoms with E-state index >= 15 is 0 Å². The number of hydrogen-bond acceptors (Lipinski definition) is 5. The molecule has 2 aromatic rings. The quantitative estimate of drug-likeness (QED) is 0.916. The molecule has 1 atom stereocenters. The molecule has 0 saturated heterocycles. The summed E-state index contributed by atoms with van der Waals surface area (Å²) in [6.07, 6.45) is 3.38. The number of halogens is 2. The van der Waals surface area contributed by atoms with Crippen molar-refractivity contribution in [2.24, 2.45) is 5.73 Å². The van der Waals surface area contributed by atoms with Crippen molar-refractivity contribution in [2.75, 3.05) is 0 Å². The van der Waals surface area contributed by atoms with Gasteiger partial charge in [-0.25, -0.2) is 0 Å². The molecule has 7 heteroatoms. The first-order chi connectivity index (χ1) is 9.64. The summed E-state index contributed by atoms with van der Waals surface area (Å²) in [4.78, 5) is 4.43. The molecule has 1 unspecified atom stereocenters. The normalized spacial score (nSPS) is 21.9. The molecule has 0 amide bonds. The van der Waals surface area contributed by atoms with Crippen molar-refractivity contribution in [1.29, 1.82) is 0 Å². The van der Waals surface area contributed by atoms with Crippen LogP contribution in [0.3, 0.4) is 0 Å². The molecule has 1 aromatic carbocycles. The number of aromatic nitrogens is 2. The summed E-state index contributed by atoms with van der Waals surface area (Å²) in [5.41, 5.74) is 6.85. The van der Waals surface area contributed by atoms with Crippen LogP contribution in [0.5, 0.6) is 5.75 Å². The van der Waals surface area contributed by atoms with Crippen LogP contribution in [0.2, 0.25) is 5.02 Å². The van der Waals surface area contributed by atoms with E-state index in [1.54, 1.807) is 0 Å². The zero-order valence-corrected chi connectivity index (χ0v) is 12.8. The summed E-state index contributed by atoms with van der Waals surface area (Å²) in [6.45, 7) is 0. The first-order valence-corrected chi connectivity index (χ1v) is 7.10. The number of nitrogens with zero attached hydrogens (tertiary/aromatic N) is 2. The number of ether oxygens (including phenoxy) is 1. The van der Waals surface area contributed by atoms with E-state index in [0.717, 1.165) is 30.6 Å². The Morgan fingerprint density at radius 2 is 2.14 bits per heavy atom. The first kappa shape index (κ1) is 14.6. The van der Waals surface area contributed by atoms with Gasteiger partial charge in [0, 0.05) is 11.4 Å². The highest BCUT2D eigenvalue weighted by Gasteiger charge is 2.40. The van der Waals surface area contributed by atoms with Crippen molar-refractivity contribution in [3.8, 4) is 5.75 Å².